The van der Waals surface area contributed by atoms with Crippen LogP contribution in [-0.2, 0) is 14.8 Å². The van der Waals surface area contributed by atoms with Crippen molar-refractivity contribution < 1.29 is 22.9 Å². The van der Waals surface area contributed by atoms with E-state index in [1.54, 1.807) is 13.8 Å². The van der Waals surface area contributed by atoms with Crippen molar-refractivity contribution in [3.63, 3.8) is 0 Å². The first-order valence-corrected chi connectivity index (χ1v) is 10.3. The SMILES string of the molecule is CC1CN(S(=O)(=O)c2cccc(C(=O)Nc3ccncc3[N+](=O)[O-])c2)CC(C)O1. The molecule has 10 nitrogen and oxygen atoms in total. The molecule has 1 aliphatic heterocycles. The summed E-state index contributed by atoms with van der Waals surface area (Å²) in [6.07, 6.45) is 1.85. The molecule has 29 heavy (non-hydrogen) atoms. The highest BCUT2D eigenvalue weighted by molar-refractivity contribution is 7.89. The van der Waals surface area contributed by atoms with Gasteiger partial charge in [-0.2, -0.15) is 4.31 Å². The molecule has 0 saturated carbocycles. The van der Waals surface area contributed by atoms with Crippen LogP contribution < -0.4 is 5.32 Å². The van der Waals surface area contributed by atoms with Gasteiger partial charge in [0, 0.05) is 24.8 Å². The summed E-state index contributed by atoms with van der Waals surface area (Å²) < 4.78 is 32.9. The molecule has 1 fully saturated rings. The Hall–Kier alpha value is -2.89. The molecule has 2 heterocycles. The number of benzene rings is 1. The van der Waals surface area contributed by atoms with Crippen LogP contribution in [0.25, 0.3) is 0 Å². The minimum atomic E-state index is -3.82. The van der Waals surface area contributed by atoms with Crippen LogP contribution in [0.3, 0.4) is 0 Å². The minimum Gasteiger partial charge on any atom is -0.373 e. The van der Waals surface area contributed by atoms with E-state index in [0.29, 0.717) is 0 Å². The molecule has 0 spiro atoms. The normalized spacial score (nSPS) is 20.2. The Balaban J connectivity index is 1.86. The fourth-order valence-electron chi connectivity index (χ4n) is 3.11. The second-order valence-corrected chi connectivity index (χ2v) is 8.65. The minimum absolute atomic E-state index is 0.0286. The third-order valence-electron chi connectivity index (χ3n) is 4.37. The summed E-state index contributed by atoms with van der Waals surface area (Å²) in [5.74, 6) is -0.667. The van der Waals surface area contributed by atoms with Gasteiger partial charge in [0.1, 0.15) is 11.9 Å². The average molecular weight is 420 g/mol. The Bertz CT molecular complexity index is 1030. The predicted octanol–water partition coefficient (Wildman–Crippen LogP) is 2.04. The number of nitrogens with one attached hydrogen (secondary N) is 1. The van der Waals surface area contributed by atoms with E-state index in [9.17, 15) is 23.3 Å². The van der Waals surface area contributed by atoms with Crippen molar-refractivity contribution in [3.8, 4) is 0 Å². The van der Waals surface area contributed by atoms with Gasteiger partial charge >= 0.3 is 5.69 Å². The topological polar surface area (TPSA) is 132 Å². The van der Waals surface area contributed by atoms with Gasteiger partial charge in [-0.15, -0.1) is 0 Å². The van der Waals surface area contributed by atoms with Crippen molar-refractivity contribution in [1.29, 1.82) is 0 Å². The Morgan fingerprint density at radius 2 is 1.97 bits per heavy atom. The molecule has 1 aliphatic rings. The van der Waals surface area contributed by atoms with Crippen LogP contribution >= 0.6 is 0 Å². The second kappa shape index (κ2) is 8.23. The van der Waals surface area contributed by atoms with Gasteiger partial charge < -0.3 is 10.1 Å². The molecular weight excluding hydrogens is 400 g/mol. The molecule has 2 atom stereocenters. The fraction of sp³-hybridized carbons (Fsp3) is 0.333. The van der Waals surface area contributed by atoms with Gasteiger partial charge in [0.05, 0.1) is 22.0 Å². The van der Waals surface area contributed by atoms with Crippen LogP contribution in [0.15, 0.2) is 47.6 Å². The van der Waals surface area contributed by atoms with Gasteiger partial charge in [0.15, 0.2) is 0 Å². The molecule has 0 bridgehead atoms. The number of pyridine rings is 1. The van der Waals surface area contributed by atoms with Crippen LogP contribution in [0, 0.1) is 10.1 Å². The van der Waals surface area contributed by atoms with E-state index in [1.807, 2.05) is 0 Å². The summed E-state index contributed by atoms with van der Waals surface area (Å²) >= 11 is 0. The van der Waals surface area contributed by atoms with Crippen LogP contribution in [0.1, 0.15) is 24.2 Å². The van der Waals surface area contributed by atoms with Gasteiger partial charge in [0.2, 0.25) is 10.0 Å². The predicted molar refractivity (Wildman–Crippen MR) is 104 cm³/mol. The van der Waals surface area contributed by atoms with Crippen molar-refractivity contribution in [2.45, 2.75) is 31.0 Å². The highest BCUT2D eigenvalue weighted by Crippen LogP contribution is 2.24. The van der Waals surface area contributed by atoms with Crippen molar-refractivity contribution in [2.24, 2.45) is 0 Å². The first kappa shape index (κ1) is 20.8. The molecule has 1 saturated heterocycles. The highest BCUT2D eigenvalue weighted by Gasteiger charge is 2.32. The van der Waals surface area contributed by atoms with E-state index in [4.69, 9.17) is 4.74 Å². The number of nitro groups is 1. The summed E-state index contributed by atoms with van der Waals surface area (Å²) in [5, 5.41) is 13.5. The molecule has 0 aliphatic carbocycles. The third-order valence-corrected chi connectivity index (χ3v) is 6.19. The van der Waals surface area contributed by atoms with Gasteiger partial charge in [-0.1, -0.05) is 6.07 Å². The quantitative estimate of drug-likeness (QED) is 0.578. The number of morpholine rings is 1. The Morgan fingerprint density at radius 1 is 1.28 bits per heavy atom. The number of nitrogens with zero attached hydrogens (tertiary/aromatic N) is 3. The van der Waals surface area contributed by atoms with Crippen LogP contribution in [0.2, 0.25) is 0 Å². The zero-order valence-corrected chi connectivity index (χ0v) is 16.6. The molecule has 3 rings (SSSR count). The molecule has 154 valence electrons. The molecule has 2 unspecified atom stereocenters. The number of amides is 1. The standard InChI is InChI=1S/C18H20N4O6S/c1-12-10-21(11-13(2)28-12)29(26,27)15-5-3-4-14(8-15)18(23)20-16-6-7-19-9-17(16)22(24)25/h3-9,12-13H,10-11H2,1-2H3,(H,19,20,23). The lowest BCUT2D eigenvalue weighted by atomic mass is 10.2. The molecule has 1 amide bonds. The third kappa shape index (κ3) is 4.58. The number of hydrogen-bond acceptors (Lipinski definition) is 7. The Morgan fingerprint density at radius 3 is 2.62 bits per heavy atom. The van der Waals surface area contributed by atoms with Gasteiger partial charge in [-0.25, -0.2) is 8.42 Å². The lowest BCUT2D eigenvalue weighted by Crippen LogP contribution is -2.48. The van der Waals surface area contributed by atoms with Crippen molar-refractivity contribution >= 4 is 27.3 Å². The van der Waals surface area contributed by atoms with Gasteiger partial charge in [0.25, 0.3) is 5.91 Å². The summed E-state index contributed by atoms with van der Waals surface area (Å²) in [5.41, 5.74) is -0.327. The Kier molecular flexibility index (Phi) is 5.91. The first-order valence-electron chi connectivity index (χ1n) is 8.84. The van der Waals surface area contributed by atoms with E-state index >= 15 is 0 Å². The molecule has 0 radical (unpaired) electrons. The van der Waals surface area contributed by atoms with Crippen molar-refractivity contribution in [2.75, 3.05) is 18.4 Å². The summed E-state index contributed by atoms with van der Waals surface area (Å²) in [7, 11) is -3.82. The number of aromatic nitrogens is 1. The Labute approximate surface area is 167 Å². The number of sulfonamides is 1. The van der Waals surface area contributed by atoms with E-state index in [2.05, 4.69) is 10.3 Å². The maximum Gasteiger partial charge on any atom is 0.310 e. The van der Waals surface area contributed by atoms with Crippen molar-refractivity contribution in [1.82, 2.24) is 9.29 Å². The van der Waals surface area contributed by atoms with E-state index in [0.717, 1.165) is 6.20 Å². The number of anilines is 1. The van der Waals surface area contributed by atoms with Crippen LogP contribution in [0.4, 0.5) is 11.4 Å². The number of hydrogen-bond donors (Lipinski definition) is 1. The fourth-order valence-corrected chi connectivity index (χ4v) is 4.74. The number of carbonyl (C=O) groups excluding carboxylic acids is 1. The number of ether oxygens (including phenoxy) is 1. The lowest BCUT2D eigenvalue weighted by Gasteiger charge is -2.34. The molecule has 1 aromatic heterocycles. The number of rotatable bonds is 5. The molecule has 1 aromatic carbocycles. The molecule has 11 heteroatoms. The highest BCUT2D eigenvalue weighted by atomic mass is 32.2. The smallest absolute Gasteiger partial charge is 0.310 e. The van der Waals surface area contributed by atoms with Crippen LogP contribution in [-0.4, -0.2) is 53.8 Å². The monoisotopic (exact) mass is 420 g/mol. The molecule has 1 N–H and O–H groups in total. The van der Waals surface area contributed by atoms with E-state index < -0.39 is 20.9 Å². The van der Waals surface area contributed by atoms with Gasteiger partial charge in [-0.3, -0.25) is 19.9 Å². The van der Waals surface area contributed by atoms with Crippen molar-refractivity contribution in [3.05, 3.63) is 58.4 Å². The zero-order chi connectivity index (χ0) is 21.2. The summed E-state index contributed by atoms with van der Waals surface area (Å²) in [6, 6.07) is 6.85. The summed E-state index contributed by atoms with van der Waals surface area (Å²) in [6.45, 7) is 4.02. The molecular formula is C18H20N4O6S. The maximum atomic E-state index is 13.0. The number of carbonyl (C=O) groups is 1. The van der Waals surface area contributed by atoms with Crippen LogP contribution in [0.5, 0.6) is 0 Å². The maximum absolute atomic E-state index is 13.0. The summed E-state index contributed by atoms with van der Waals surface area (Å²) in [4.78, 5) is 26.6. The second-order valence-electron chi connectivity index (χ2n) is 6.71. The average Bonchev–Trinajstić information content (AvgIpc) is 2.67. The lowest BCUT2D eigenvalue weighted by molar-refractivity contribution is -0.384. The van der Waals surface area contributed by atoms with E-state index in [-0.39, 0.29) is 47.1 Å². The molecule has 2 aromatic rings. The van der Waals surface area contributed by atoms with Gasteiger partial charge in [-0.05, 0) is 38.1 Å². The first-order chi connectivity index (χ1) is 13.7. The van der Waals surface area contributed by atoms with E-state index in [1.165, 1.54) is 40.8 Å². The zero-order valence-electron chi connectivity index (χ0n) is 15.8. The largest absolute Gasteiger partial charge is 0.373 e.